The molecule has 0 N–H and O–H groups in total. The van der Waals surface area contributed by atoms with Gasteiger partial charge in [-0.1, -0.05) is 273 Å². The standard InChI is InChI=1S/C73H96O6Si10/c1-80(2,59-61-82(5,6)76-87(65-41-23-14-24-42-65,66-43-25-15-26-44-66)67-45-27-16-28-46-67)74-85(11,12)79-86(13,64-63-84(9,10)78-89(71-53-35-20-36-54-71,72-55-37-21-38-56-72)73-57-39-22-40-58-73)75-81(3,4)60-62-83(7,8)77-88(68-47-29-17-30-48-68,69-49-31-18-32-50-69)70-51-33-19-34-52-70/h14-58H,59-64H2,1-13H3. The minimum Gasteiger partial charge on any atom is -0.446 e. The molecule has 1 unspecified atom stereocenters. The van der Waals surface area contributed by atoms with Crippen LogP contribution in [-0.4, -0.2) is 83.7 Å². The fourth-order valence-electron chi connectivity index (χ4n) is 13.2. The molecule has 0 aliphatic carbocycles. The van der Waals surface area contributed by atoms with Crippen molar-refractivity contribution in [2.45, 2.75) is 121 Å². The molecule has 9 aromatic carbocycles. The van der Waals surface area contributed by atoms with E-state index in [-0.39, 0.29) is 0 Å². The van der Waals surface area contributed by atoms with Gasteiger partial charge in [-0.05, 0) is 168 Å². The van der Waals surface area contributed by atoms with Crippen molar-refractivity contribution in [2.24, 2.45) is 0 Å². The molecule has 0 aliphatic heterocycles. The van der Waals surface area contributed by atoms with Crippen LogP contribution in [-0.2, 0) is 24.7 Å². The first-order valence-electron chi connectivity index (χ1n) is 32.0. The molecular weight excluding hydrogens is 1250 g/mol. The average molecular weight is 1350 g/mol. The van der Waals surface area contributed by atoms with E-state index in [1.165, 1.54) is 46.7 Å². The minimum absolute atomic E-state index is 0.801. The molecular formula is C73H96O6Si10. The lowest BCUT2D eigenvalue weighted by Crippen LogP contribution is -2.72. The summed E-state index contributed by atoms with van der Waals surface area (Å²) in [6, 6.07) is 105. The third-order valence-electron chi connectivity index (χ3n) is 17.2. The lowest BCUT2D eigenvalue weighted by Gasteiger charge is -2.45. The summed E-state index contributed by atoms with van der Waals surface area (Å²) in [6.45, 7) is 31.3. The third kappa shape index (κ3) is 17.1. The Hall–Kier alpha value is -5.09. The van der Waals surface area contributed by atoms with Gasteiger partial charge in [-0.15, -0.1) is 0 Å². The monoisotopic (exact) mass is 1350 g/mol. The highest BCUT2D eigenvalue weighted by molar-refractivity contribution is 7.12. The van der Waals surface area contributed by atoms with E-state index in [4.69, 9.17) is 24.7 Å². The van der Waals surface area contributed by atoms with Crippen LogP contribution in [0.25, 0.3) is 0 Å². The van der Waals surface area contributed by atoms with Crippen LogP contribution in [0.2, 0.25) is 121 Å². The molecule has 0 amide bonds. The number of hydrogen-bond donors (Lipinski definition) is 0. The predicted octanol–water partition coefficient (Wildman–Crippen LogP) is 13.9. The molecule has 0 heterocycles. The second kappa shape index (κ2) is 28.8. The van der Waals surface area contributed by atoms with Crippen molar-refractivity contribution in [1.29, 1.82) is 0 Å². The van der Waals surface area contributed by atoms with Gasteiger partial charge in [0, 0.05) is 0 Å². The maximum Gasteiger partial charge on any atom is 0.315 e. The molecule has 1 atom stereocenters. The van der Waals surface area contributed by atoms with E-state index in [0.717, 1.165) is 36.3 Å². The molecule has 0 radical (unpaired) electrons. The lowest BCUT2D eigenvalue weighted by atomic mass is 10.3. The molecule has 16 heteroatoms. The normalized spacial score (nSPS) is 13.9. The van der Waals surface area contributed by atoms with E-state index >= 15 is 0 Å². The molecule has 0 fully saturated rings. The summed E-state index contributed by atoms with van der Waals surface area (Å²) >= 11 is 0. The number of rotatable bonds is 30. The smallest absolute Gasteiger partial charge is 0.315 e. The van der Waals surface area contributed by atoms with Crippen molar-refractivity contribution in [3.05, 3.63) is 273 Å². The van der Waals surface area contributed by atoms with Crippen LogP contribution in [0, 0.1) is 0 Å². The van der Waals surface area contributed by atoms with Gasteiger partial charge in [0.25, 0.3) is 25.0 Å². The summed E-state index contributed by atoms with van der Waals surface area (Å²) in [5.41, 5.74) is 0. The molecule has 0 saturated heterocycles. The van der Waals surface area contributed by atoms with Gasteiger partial charge in [-0.25, -0.2) is 0 Å². The first-order valence-corrected chi connectivity index (χ1v) is 58.7. The quantitative estimate of drug-likeness (QED) is 0.0330. The fraction of sp³-hybridized carbons (Fsp3) is 0.260. The second-order valence-corrected chi connectivity index (χ2v) is 67.6. The van der Waals surface area contributed by atoms with E-state index in [2.05, 4.69) is 358 Å². The maximum absolute atomic E-state index is 8.13. The summed E-state index contributed by atoms with van der Waals surface area (Å²) in [5.74, 6) is 0. The zero-order valence-electron chi connectivity index (χ0n) is 55.2. The SMILES string of the molecule is C[Si](C)(CC[Si](C)(C)O[Si](c1ccccc1)(c1ccccc1)c1ccccc1)O[Si](C)(C)O[Si](C)(CC[Si](C)(C)O[Si](c1ccccc1)(c1ccccc1)c1ccccc1)O[Si](C)(C)CC[Si](C)(C)O[Si](c1ccccc1)(c1ccccc1)c1ccccc1. The van der Waals surface area contributed by atoms with E-state index < -0.39 is 83.7 Å². The molecule has 89 heavy (non-hydrogen) atoms. The van der Waals surface area contributed by atoms with Gasteiger partial charge in [-0.3, -0.25) is 0 Å². The Morgan fingerprint density at radius 1 is 0.180 bits per heavy atom. The summed E-state index contributed by atoms with van der Waals surface area (Å²) in [6.07, 6.45) is 0. The van der Waals surface area contributed by atoms with Crippen molar-refractivity contribution in [3.63, 3.8) is 0 Å². The predicted molar refractivity (Wildman–Crippen MR) is 404 cm³/mol. The molecule has 0 spiro atoms. The minimum atomic E-state index is -3.08. The van der Waals surface area contributed by atoms with Crippen LogP contribution in [0.4, 0.5) is 0 Å². The van der Waals surface area contributed by atoms with E-state index in [1.807, 2.05) is 0 Å². The highest BCUT2D eigenvalue weighted by Crippen LogP contribution is 2.36. The van der Waals surface area contributed by atoms with Crippen LogP contribution in [0.3, 0.4) is 0 Å². The first-order chi connectivity index (χ1) is 42.3. The van der Waals surface area contributed by atoms with Crippen molar-refractivity contribution in [1.82, 2.24) is 0 Å². The van der Waals surface area contributed by atoms with Crippen LogP contribution in [0.15, 0.2) is 273 Å². The van der Waals surface area contributed by atoms with Gasteiger partial charge in [0.1, 0.15) is 0 Å². The van der Waals surface area contributed by atoms with Gasteiger partial charge in [0.15, 0.2) is 41.6 Å². The van der Waals surface area contributed by atoms with Gasteiger partial charge >= 0.3 is 17.1 Å². The molecule has 0 aliphatic rings. The summed E-state index contributed by atoms with van der Waals surface area (Å²) in [7, 11) is -27.2. The lowest BCUT2D eigenvalue weighted by molar-refractivity contribution is 0.321. The summed E-state index contributed by atoms with van der Waals surface area (Å²) in [4.78, 5) is 0. The zero-order valence-corrected chi connectivity index (χ0v) is 65.2. The largest absolute Gasteiger partial charge is 0.446 e. The Bertz CT molecular complexity index is 3310. The average Bonchev–Trinajstić information content (AvgIpc) is 0.868. The molecule has 0 bridgehead atoms. The second-order valence-electron chi connectivity index (χ2n) is 27.8. The Morgan fingerprint density at radius 3 is 0.528 bits per heavy atom. The van der Waals surface area contributed by atoms with Crippen molar-refractivity contribution >= 4 is 130 Å². The van der Waals surface area contributed by atoms with Crippen molar-refractivity contribution in [2.75, 3.05) is 0 Å². The van der Waals surface area contributed by atoms with Gasteiger partial charge in [-0.2, -0.15) is 0 Å². The van der Waals surface area contributed by atoms with Gasteiger partial charge in [0.05, 0.1) is 0 Å². The Balaban J connectivity index is 1.01. The van der Waals surface area contributed by atoms with Gasteiger partial charge in [0.2, 0.25) is 0 Å². The highest BCUT2D eigenvalue weighted by Gasteiger charge is 2.53. The molecule has 9 rings (SSSR count). The molecule has 0 aromatic heterocycles. The zero-order chi connectivity index (χ0) is 63.5. The van der Waals surface area contributed by atoms with Gasteiger partial charge < -0.3 is 24.7 Å². The number of hydrogen-bond acceptors (Lipinski definition) is 6. The Morgan fingerprint density at radius 2 is 0.337 bits per heavy atom. The van der Waals surface area contributed by atoms with E-state index in [0.29, 0.717) is 0 Å². The van der Waals surface area contributed by atoms with Crippen LogP contribution in [0.5, 0.6) is 0 Å². The molecule has 0 saturated carbocycles. The topological polar surface area (TPSA) is 55.4 Å². The molecule has 464 valence electrons. The molecule has 6 nitrogen and oxygen atoms in total. The summed E-state index contributed by atoms with van der Waals surface area (Å²) < 4.78 is 47.7. The Labute approximate surface area is 545 Å². The van der Waals surface area contributed by atoms with Crippen LogP contribution < -0.4 is 46.7 Å². The van der Waals surface area contributed by atoms with Crippen LogP contribution >= 0.6 is 0 Å². The Kier molecular flexibility index (Phi) is 22.1. The van der Waals surface area contributed by atoms with Crippen molar-refractivity contribution < 1.29 is 24.7 Å². The fourth-order valence-corrected chi connectivity index (χ4v) is 68.3. The first kappa shape index (κ1) is 68.3. The maximum atomic E-state index is 8.13. The molecule has 9 aromatic rings. The van der Waals surface area contributed by atoms with Crippen molar-refractivity contribution in [3.8, 4) is 0 Å². The number of benzene rings is 9. The third-order valence-corrected chi connectivity index (χ3v) is 59.6. The summed E-state index contributed by atoms with van der Waals surface area (Å²) in [5, 5.41) is 11.4. The van der Waals surface area contributed by atoms with Crippen LogP contribution in [0.1, 0.15) is 0 Å². The highest BCUT2D eigenvalue weighted by atomic mass is 28.5. The van der Waals surface area contributed by atoms with E-state index in [9.17, 15) is 0 Å². The van der Waals surface area contributed by atoms with E-state index in [1.54, 1.807) is 0 Å².